The first-order chi connectivity index (χ1) is 10.7. The fourth-order valence-electron chi connectivity index (χ4n) is 1.98. The Labute approximate surface area is 130 Å². The molecule has 5 nitrogen and oxygen atoms in total. The van der Waals surface area contributed by atoms with Gasteiger partial charge in [0, 0.05) is 13.0 Å². The van der Waals surface area contributed by atoms with Crippen molar-refractivity contribution < 1.29 is 9.53 Å². The zero-order valence-corrected chi connectivity index (χ0v) is 12.9. The minimum absolute atomic E-state index is 0.0134. The summed E-state index contributed by atoms with van der Waals surface area (Å²) in [5.41, 5.74) is 1.92. The van der Waals surface area contributed by atoms with E-state index in [4.69, 9.17) is 4.74 Å². The summed E-state index contributed by atoms with van der Waals surface area (Å²) in [5.74, 6) is 1.64. The van der Waals surface area contributed by atoms with Crippen LogP contribution in [-0.2, 0) is 11.2 Å². The highest BCUT2D eigenvalue weighted by Gasteiger charge is 2.00. The molecule has 1 heterocycles. The van der Waals surface area contributed by atoms with E-state index in [1.54, 1.807) is 13.3 Å². The molecule has 0 fully saturated rings. The molecule has 0 aliphatic carbocycles. The third-order valence-corrected chi connectivity index (χ3v) is 3.22. The number of carbonyl (C=O) groups excluding carboxylic acids is 1. The Bertz CT molecular complexity index is 612. The van der Waals surface area contributed by atoms with Gasteiger partial charge in [-0.3, -0.25) is 4.79 Å². The number of ether oxygens (including phenoxy) is 1. The molecule has 0 aliphatic rings. The molecule has 2 aromatic rings. The molecule has 0 radical (unpaired) electrons. The summed E-state index contributed by atoms with van der Waals surface area (Å²) in [6.07, 6.45) is 3.00. The molecule has 1 amide bonds. The van der Waals surface area contributed by atoms with Crippen LogP contribution in [0.5, 0.6) is 5.75 Å². The second kappa shape index (κ2) is 8.02. The first kappa shape index (κ1) is 15.8. The van der Waals surface area contributed by atoms with E-state index in [0.717, 1.165) is 24.5 Å². The van der Waals surface area contributed by atoms with Crippen LogP contribution in [0.1, 0.15) is 18.9 Å². The van der Waals surface area contributed by atoms with E-state index < -0.39 is 0 Å². The summed E-state index contributed by atoms with van der Waals surface area (Å²) in [6, 6.07) is 11.7. The molecule has 0 saturated carbocycles. The van der Waals surface area contributed by atoms with Crippen molar-refractivity contribution in [2.45, 2.75) is 19.8 Å². The lowest BCUT2D eigenvalue weighted by Crippen LogP contribution is -2.10. The van der Waals surface area contributed by atoms with Crippen LogP contribution in [0, 0.1) is 0 Å². The van der Waals surface area contributed by atoms with Crippen molar-refractivity contribution in [2.24, 2.45) is 0 Å². The van der Waals surface area contributed by atoms with Crippen molar-refractivity contribution in [3.8, 4) is 5.75 Å². The first-order valence-electron chi connectivity index (χ1n) is 7.34. The van der Waals surface area contributed by atoms with Crippen molar-refractivity contribution in [1.82, 2.24) is 4.98 Å². The van der Waals surface area contributed by atoms with Crippen LogP contribution in [0.25, 0.3) is 0 Å². The van der Waals surface area contributed by atoms with Gasteiger partial charge < -0.3 is 15.4 Å². The van der Waals surface area contributed by atoms with E-state index >= 15 is 0 Å². The summed E-state index contributed by atoms with van der Waals surface area (Å²) in [7, 11) is 1.67. The van der Waals surface area contributed by atoms with Gasteiger partial charge in [-0.2, -0.15) is 0 Å². The van der Waals surface area contributed by atoms with Gasteiger partial charge in [-0.25, -0.2) is 4.98 Å². The summed E-state index contributed by atoms with van der Waals surface area (Å²) in [5, 5.41) is 6.03. The largest absolute Gasteiger partial charge is 0.497 e. The number of amides is 1. The van der Waals surface area contributed by atoms with Crippen LogP contribution in [0.2, 0.25) is 0 Å². The van der Waals surface area contributed by atoms with Crippen LogP contribution in [-0.4, -0.2) is 24.5 Å². The number of pyridine rings is 1. The Morgan fingerprint density at radius 2 is 2.14 bits per heavy atom. The second-order valence-corrected chi connectivity index (χ2v) is 4.86. The Hall–Kier alpha value is -2.56. The fraction of sp³-hybridized carbons (Fsp3) is 0.294. The highest BCUT2D eigenvalue weighted by Crippen LogP contribution is 2.14. The van der Waals surface area contributed by atoms with Gasteiger partial charge in [-0.05, 0) is 36.2 Å². The second-order valence-electron chi connectivity index (χ2n) is 4.86. The minimum Gasteiger partial charge on any atom is -0.497 e. The van der Waals surface area contributed by atoms with Crippen LogP contribution in [0.3, 0.4) is 0 Å². The normalized spacial score (nSPS) is 10.1. The fourth-order valence-corrected chi connectivity index (χ4v) is 1.98. The number of nitrogens with zero attached hydrogens (tertiary/aromatic N) is 1. The number of methoxy groups -OCH3 is 1. The van der Waals surface area contributed by atoms with Crippen LogP contribution in [0.4, 0.5) is 11.5 Å². The molecule has 2 N–H and O–H groups in total. The summed E-state index contributed by atoms with van der Waals surface area (Å²) < 4.78 is 5.21. The Morgan fingerprint density at radius 1 is 1.27 bits per heavy atom. The maximum absolute atomic E-state index is 11.3. The molecule has 5 heteroatoms. The molecule has 2 rings (SSSR count). The Morgan fingerprint density at radius 3 is 2.82 bits per heavy atom. The van der Waals surface area contributed by atoms with Crippen LogP contribution >= 0.6 is 0 Å². The van der Waals surface area contributed by atoms with Crippen molar-refractivity contribution >= 4 is 17.4 Å². The lowest BCUT2D eigenvalue weighted by atomic mass is 10.1. The average molecular weight is 299 g/mol. The maximum Gasteiger partial charge on any atom is 0.224 e. The highest BCUT2D eigenvalue weighted by atomic mass is 16.5. The van der Waals surface area contributed by atoms with E-state index in [-0.39, 0.29) is 5.91 Å². The summed E-state index contributed by atoms with van der Waals surface area (Å²) >= 11 is 0. The summed E-state index contributed by atoms with van der Waals surface area (Å²) in [4.78, 5) is 15.6. The van der Waals surface area contributed by atoms with Gasteiger partial charge in [0.05, 0.1) is 19.0 Å². The molecule has 22 heavy (non-hydrogen) atoms. The van der Waals surface area contributed by atoms with Crippen molar-refractivity contribution in [3.05, 3.63) is 48.2 Å². The molecular weight excluding hydrogens is 278 g/mol. The van der Waals surface area contributed by atoms with Gasteiger partial charge in [-0.15, -0.1) is 0 Å². The zero-order valence-electron chi connectivity index (χ0n) is 12.9. The molecule has 0 atom stereocenters. The van der Waals surface area contributed by atoms with Crippen molar-refractivity contribution in [1.29, 1.82) is 0 Å². The first-order valence-corrected chi connectivity index (χ1v) is 7.34. The van der Waals surface area contributed by atoms with E-state index in [9.17, 15) is 4.79 Å². The monoisotopic (exact) mass is 299 g/mol. The SMILES string of the molecule is CCC(=O)Nc1ccc(NCCc2cccc(OC)c2)nc1. The highest BCUT2D eigenvalue weighted by molar-refractivity contribution is 5.90. The van der Waals surface area contributed by atoms with Crippen LogP contribution in [0.15, 0.2) is 42.6 Å². The number of nitrogens with one attached hydrogen (secondary N) is 2. The number of aromatic nitrogens is 1. The van der Waals surface area contributed by atoms with Gasteiger partial charge >= 0.3 is 0 Å². The number of benzene rings is 1. The van der Waals surface area contributed by atoms with E-state index in [1.807, 2.05) is 37.3 Å². The minimum atomic E-state index is -0.0134. The van der Waals surface area contributed by atoms with E-state index in [2.05, 4.69) is 21.7 Å². The van der Waals surface area contributed by atoms with Gasteiger partial charge in [0.1, 0.15) is 11.6 Å². The Kier molecular flexibility index (Phi) is 5.77. The molecule has 1 aromatic carbocycles. The number of hydrogen-bond acceptors (Lipinski definition) is 4. The third-order valence-electron chi connectivity index (χ3n) is 3.22. The molecule has 0 spiro atoms. The number of hydrogen-bond donors (Lipinski definition) is 2. The molecular formula is C17H21N3O2. The number of anilines is 2. The maximum atomic E-state index is 11.3. The predicted octanol–water partition coefficient (Wildman–Crippen LogP) is 3.09. The molecule has 0 saturated heterocycles. The van der Waals surface area contributed by atoms with Gasteiger partial charge in [-0.1, -0.05) is 19.1 Å². The molecule has 0 unspecified atom stereocenters. The molecule has 0 aliphatic heterocycles. The third kappa shape index (κ3) is 4.77. The quantitative estimate of drug-likeness (QED) is 0.824. The van der Waals surface area contributed by atoms with E-state index in [0.29, 0.717) is 12.1 Å². The van der Waals surface area contributed by atoms with E-state index in [1.165, 1.54) is 5.56 Å². The standard InChI is InChI=1S/C17H21N3O2/c1-3-17(21)20-14-7-8-16(19-12-14)18-10-9-13-5-4-6-15(11-13)22-2/h4-8,11-12H,3,9-10H2,1-2H3,(H,18,19)(H,20,21). The molecule has 0 bridgehead atoms. The van der Waals surface area contributed by atoms with Gasteiger partial charge in [0.15, 0.2) is 0 Å². The lowest BCUT2D eigenvalue weighted by Gasteiger charge is -2.08. The van der Waals surface area contributed by atoms with Crippen molar-refractivity contribution in [3.63, 3.8) is 0 Å². The van der Waals surface area contributed by atoms with Gasteiger partial charge in [0.2, 0.25) is 5.91 Å². The lowest BCUT2D eigenvalue weighted by molar-refractivity contribution is -0.115. The Balaban J connectivity index is 1.82. The average Bonchev–Trinajstić information content (AvgIpc) is 2.56. The van der Waals surface area contributed by atoms with Crippen molar-refractivity contribution in [2.75, 3.05) is 24.3 Å². The summed E-state index contributed by atoms with van der Waals surface area (Å²) in [6.45, 7) is 2.60. The molecule has 1 aromatic heterocycles. The number of rotatable bonds is 7. The van der Waals surface area contributed by atoms with Gasteiger partial charge in [0.25, 0.3) is 0 Å². The number of carbonyl (C=O) groups is 1. The van der Waals surface area contributed by atoms with Crippen LogP contribution < -0.4 is 15.4 Å². The smallest absolute Gasteiger partial charge is 0.224 e. The molecule has 116 valence electrons. The topological polar surface area (TPSA) is 63.2 Å². The predicted molar refractivity (Wildman–Crippen MR) is 88.3 cm³/mol. The zero-order chi connectivity index (χ0) is 15.8.